The molecule has 0 bridgehead atoms. The summed E-state index contributed by atoms with van der Waals surface area (Å²) in [4.78, 5) is 27.0. The molecule has 0 spiro atoms. The van der Waals surface area contributed by atoms with E-state index in [9.17, 15) is 19.3 Å². The number of nitro benzene ring substituents is 1. The number of halogens is 1. The number of aromatic nitrogens is 1. The average molecular weight is 457 g/mol. The Labute approximate surface area is 187 Å². The molecule has 8 nitrogen and oxygen atoms in total. The summed E-state index contributed by atoms with van der Waals surface area (Å²) in [6.07, 6.45) is 4.18. The third kappa shape index (κ3) is 6.43. The maximum atomic E-state index is 13.2. The molecule has 32 heavy (non-hydrogen) atoms. The fourth-order valence-electron chi connectivity index (χ4n) is 2.83. The highest BCUT2D eigenvalue weighted by Gasteiger charge is 2.13. The van der Waals surface area contributed by atoms with Crippen molar-refractivity contribution in [1.82, 2.24) is 4.98 Å². The molecule has 1 heterocycles. The van der Waals surface area contributed by atoms with Gasteiger partial charge in [0.1, 0.15) is 11.9 Å². The number of carbonyl (C=O) groups is 1. The normalized spacial score (nSPS) is 12.0. The molecule has 0 unspecified atom stereocenters. The summed E-state index contributed by atoms with van der Waals surface area (Å²) in [5.74, 6) is -0.0413. The number of ether oxygens (including phenoxy) is 2. The number of amides is 1. The van der Waals surface area contributed by atoms with E-state index in [1.807, 2.05) is 6.92 Å². The molecule has 0 saturated heterocycles. The quantitative estimate of drug-likeness (QED) is 0.275. The van der Waals surface area contributed by atoms with Crippen LogP contribution in [-0.2, 0) is 4.74 Å². The molecule has 1 N–H and O–H groups in total. The highest BCUT2D eigenvalue weighted by molar-refractivity contribution is 7.14. The minimum Gasteiger partial charge on any atom is -0.488 e. The van der Waals surface area contributed by atoms with Crippen LogP contribution in [0.5, 0.6) is 5.75 Å². The van der Waals surface area contributed by atoms with Gasteiger partial charge in [-0.05, 0) is 36.2 Å². The first-order valence-electron chi connectivity index (χ1n) is 9.50. The number of non-ortho nitro benzene ring substituents is 1. The van der Waals surface area contributed by atoms with Crippen LogP contribution in [0.3, 0.4) is 0 Å². The molecule has 1 aromatic heterocycles. The van der Waals surface area contributed by atoms with E-state index in [4.69, 9.17) is 9.47 Å². The molecule has 3 aromatic rings. The molecule has 0 saturated carbocycles. The van der Waals surface area contributed by atoms with Crippen LogP contribution in [0.25, 0.3) is 12.2 Å². The Morgan fingerprint density at radius 1 is 1.28 bits per heavy atom. The lowest BCUT2D eigenvalue weighted by atomic mass is 10.1. The van der Waals surface area contributed by atoms with Crippen molar-refractivity contribution >= 4 is 40.2 Å². The number of nitrogens with zero attached hydrogens (tertiary/aromatic N) is 2. The largest absolute Gasteiger partial charge is 0.488 e. The first-order chi connectivity index (χ1) is 15.3. The minimum atomic E-state index is -0.508. The Morgan fingerprint density at radius 2 is 2.06 bits per heavy atom. The second-order valence-electron chi connectivity index (χ2n) is 6.78. The lowest BCUT2D eigenvalue weighted by Crippen LogP contribution is -2.18. The summed E-state index contributed by atoms with van der Waals surface area (Å²) >= 11 is 0.721. The van der Waals surface area contributed by atoms with Gasteiger partial charge in [-0.15, -0.1) is 0 Å². The van der Waals surface area contributed by atoms with E-state index in [0.29, 0.717) is 23.5 Å². The van der Waals surface area contributed by atoms with Gasteiger partial charge >= 0.3 is 0 Å². The maximum Gasteiger partial charge on any atom is 0.270 e. The SMILES string of the molecule is COC[C@H](C)Oc1cc(/C=C/c2cccc([N+](=O)[O-])c2)cc(C(=O)Nc2ncc(F)s2)c1. The maximum absolute atomic E-state index is 13.2. The van der Waals surface area contributed by atoms with Crippen LogP contribution in [-0.4, -0.2) is 35.6 Å². The van der Waals surface area contributed by atoms with Gasteiger partial charge in [0.25, 0.3) is 11.6 Å². The van der Waals surface area contributed by atoms with Crippen molar-refractivity contribution in [2.24, 2.45) is 0 Å². The summed E-state index contributed by atoms with van der Waals surface area (Å²) in [5, 5.41) is 13.2. The summed E-state index contributed by atoms with van der Waals surface area (Å²) in [6.45, 7) is 2.18. The molecular formula is C22H20FN3O5S. The monoisotopic (exact) mass is 457 g/mol. The van der Waals surface area contributed by atoms with Crippen molar-refractivity contribution in [2.45, 2.75) is 13.0 Å². The number of thiazole rings is 1. The van der Waals surface area contributed by atoms with Gasteiger partial charge in [-0.1, -0.05) is 35.6 Å². The van der Waals surface area contributed by atoms with Gasteiger partial charge in [-0.25, -0.2) is 4.98 Å². The van der Waals surface area contributed by atoms with Gasteiger partial charge < -0.3 is 9.47 Å². The number of carbonyl (C=O) groups excluding carboxylic acids is 1. The van der Waals surface area contributed by atoms with Crippen molar-refractivity contribution in [3.05, 3.63) is 80.6 Å². The Kier molecular flexibility index (Phi) is 7.63. The molecule has 0 aliphatic rings. The molecule has 1 atom stereocenters. The highest BCUT2D eigenvalue weighted by atomic mass is 32.1. The van der Waals surface area contributed by atoms with Crippen molar-refractivity contribution in [3.63, 3.8) is 0 Å². The van der Waals surface area contributed by atoms with Crippen molar-refractivity contribution in [2.75, 3.05) is 19.0 Å². The molecule has 0 aliphatic heterocycles. The van der Waals surface area contributed by atoms with Crippen molar-refractivity contribution < 1.29 is 23.6 Å². The molecule has 0 aliphatic carbocycles. The van der Waals surface area contributed by atoms with Gasteiger partial charge in [-0.2, -0.15) is 4.39 Å². The van der Waals surface area contributed by atoms with E-state index in [-0.39, 0.29) is 22.5 Å². The third-order valence-electron chi connectivity index (χ3n) is 4.18. The standard InChI is InChI=1S/C22H20FN3O5S/c1-14(13-30-2)31-19-10-16(7-6-15-4-3-5-18(9-15)26(28)29)8-17(11-19)21(27)25-22-24-12-20(23)32-22/h3-12,14H,13H2,1-2H3,(H,24,25,27)/b7-6+/t14-/m0/s1. The molecule has 166 valence electrons. The zero-order chi connectivity index (χ0) is 23.1. The molecule has 3 rings (SSSR count). The lowest BCUT2D eigenvalue weighted by Gasteiger charge is -2.15. The van der Waals surface area contributed by atoms with Crippen LogP contribution in [0, 0.1) is 15.2 Å². The number of hydrogen-bond acceptors (Lipinski definition) is 7. The number of methoxy groups -OCH3 is 1. The molecule has 0 fully saturated rings. The molecule has 1 amide bonds. The van der Waals surface area contributed by atoms with Crippen LogP contribution in [0.2, 0.25) is 0 Å². The van der Waals surface area contributed by atoms with Gasteiger partial charge in [-0.3, -0.25) is 20.2 Å². The third-order valence-corrected chi connectivity index (χ3v) is 4.88. The fraction of sp³-hybridized carbons (Fsp3) is 0.182. The average Bonchev–Trinajstić information content (AvgIpc) is 3.17. The summed E-state index contributed by atoms with van der Waals surface area (Å²) in [5.41, 5.74) is 1.52. The Hall–Kier alpha value is -3.63. The predicted octanol–water partition coefficient (Wildman–Crippen LogP) is 5.03. The van der Waals surface area contributed by atoms with Crippen LogP contribution in [0.4, 0.5) is 15.2 Å². The molecule has 2 aromatic carbocycles. The highest BCUT2D eigenvalue weighted by Crippen LogP contribution is 2.23. The van der Waals surface area contributed by atoms with Crippen molar-refractivity contribution in [3.8, 4) is 5.75 Å². The summed E-state index contributed by atoms with van der Waals surface area (Å²) in [7, 11) is 1.56. The van der Waals surface area contributed by atoms with Gasteiger partial charge in [0, 0.05) is 24.8 Å². The fourth-order valence-corrected chi connectivity index (χ4v) is 3.37. The van der Waals surface area contributed by atoms with E-state index in [2.05, 4.69) is 10.3 Å². The van der Waals surface area contributed by atoms with Crippen LogP contribution in [0.15, 0.2) is 48.7 Å². The zero-order valence-corrected chi connectivity index (χ0v) is 18.1. The van der Waals surface area contributed by atoms with E-state index >= 15 is 0 Å². The number of rotatable bonds is 9. The first-order valence-corrected chi connectivity index (χ1v) is 10.3. The summed E-state index contributed by atoms with van der Waals surface area (Å²) in [6, 6.07) is 11.1. The summed E-state index contributed by atoms with van der Waals surface area (Å²) < 4.78 is 24.1. The number of nitro groups is 1. The molecular weight excluding hydrogens is 437 g/mol. The van der Waals surface area contributed by atoms with Crippen LogP contribution >= 0.6 is 11.3 Å². The number of benzene rings is 2. The lowest BCUT2D eigenvalue weighted by molar-refractivity contribution is -0.384. The van der Waals surface area contributed by atoms with Gasteiger partial charge in [0.05, 0.1) is 17.7 Å². The zero-order valence-electron chi connectivity index (χ0n) is 17.3. The van der Waals surface area contributed by atoms with Gasteiger partial charge in [0.2, 0.25) is 0 Å². The Morgan fingerprint density at radius 3 is 2.75 bits per heavy atom. The predicted molar refractivity (Wildman–Crippen MR) is 120 cm³/mol. The smallest absolute Gasteiger partial charge is 0.270 e. The first kappa shape index (κ1) is 23.0. The van der Waals surface area contributed by atoms with Crippen LogP contribution < -0.4 is 10.1 Å². The van der Waals surface area contributed by atoms with E-state index in [1.165, 1.54) is 12.1 Å². The van der Waals surface area contributed by atoms with E-state index < -0.39 is 16.0 Å². The Bertz CT molecular complexity index is 1150. The number of hydrogen-bond donors (Lipinski definition) is 1. The second kappa shape index (κ2) is 10.6. The van der Waals surface area contributed by atoms with Crippen LogP contribution in [0.1, 0.15) is 28.4 Å². The molecule has 10 heteroatoms. The minimum absolute atomic E-state index is 0.0200. The topological polar surface area (TPSA) is 104 Å². The van der Waals surface area contributed by atoms with Crippen molar-refractivity contribution in [1.29, 1.82) is 0 Å². The number of anilines is 1. The molecule has 0 radical (unpaired) electrons. The van der Waals surface area contributed by atoms with Gasteiger partial charge in [0.15, 0.2) is 10.3 Å². The Balaban J connectivity index is 1.89. The second-order valence-corrected chi connectivity index (χ2v) is 7.76. The number of nitrogens with one attached hydrogen (secondary N) is 1. The van der Waals surface area contributed by atoms with E-state index in [0.717, 1.165) is 17.5 Å². The van der Waals surface area contributed by atoms with E-state index in [1.54, 1.807) is 49.6 Å².